The van der Waals surface area contributed by atoms with Crippen LogP contribution in [0.4, 0.5) is 8.78 Å². The Morgan fingerprint density at radius 1 is 1.62 bits per heavy atom. The lowest BCUT2D eigenvalue weighted by molar-refractivity contribution is -0.163. The first-order valence-corrected chi connectivity index (χ1v) is 3.82. The number of hydrogen-bond acceptors (Lipinski definition) is 2. The van der Waals surface area contributed by atoms with Crippen LogP contribution in [0.25, 0.3) is 0 Å². The van der Waals surface area contributed by atoms with Crippen LogP contribution >= 0.6 is 0 Å². The summed E-state index contributed by atoms with van der Waals surface area (Å²) in [5.74, 6) is -5.79. The standard InChI is InChI=1S/C8H13F2NO2/c1-6(2)3-4-11-5-8(9,10)7(12)13/h11H,1,3-5H2,2H3,(H,12,13). The van der Waals surface area contributed by atoms with Crippen molar-refractivity contribution < 1.29 is 18.7 Å². The molecule has 0 aliphatic heterocycles. The lowest BCUT2D eigenvalue weighted by atomic mass is 10.2. The van der Waals surface area contributed by atoms with Crippen molar-refractivity contribution in [2.75, 3.05) is 13.1 Å². The van der Waals surface area contributed by atoms with Gasteiger partial charge >= 0.3 is 11.9 Å². The van der Waals surface area contributed by atoms with E-state index in [4.69, 9.17) is 5.11 Å². The second kappa shape index (κ2) is 4.91. The topological polar surface area (TPSA) is 49.3 Å². The van der Waals surface area contributed by atoms with Gasteiger partial charge in [-0.05, 0) is 19.9 Å². The van der Waals surface area contributed by atoms with E-state index in [0.29, 0.717) is 13.0 Å². The van der Waals surface area contributed by atoms with Crippen molar-refractivity contribution in [1.82, 2.24) is 5.32 Å². The molecule has 76 valence electrons. The van der Waals surface area contributed by atoms with Crippen molar-refractivity contribution in [3.05, 3.63) is 12.2 Å². The number of carboxylic acids is 1. The summed E-state index contributed by atoms with van der Waals surface area (Å²) in [6.45, 7) is 4.84. The minimum absolute atomic E-state index is 0.318. The van der Waals surface area contributed by atoms with E-state index in [1.807, 2.05) is 0 Å². The predicted octanol–water partition coefficient (Wildman–Crippen LogP) is 1.26. The normalized spacial score (nSPS) is 11.3. The number of rotatable bonds is 6. The van der Waals surface area contributed by atoms with Crippen LogP contribution in [0.2, 0.25) is 0 Å². The van der Waals surface area contributed by atoms with E-state index < -0.39 is 18.4 Å². The highest BCUT2D eigenvalue weighted by atomic mass is 19.3. The number of carbonyl (C=O) groups is 1. The van der Waals surface area contributed by atoms with Gasteiger partial charge in [0.1, 0.15) is 0 Å². The number of halogens is 2. The van der Waals surface area contributed by atoms with Crippen LogP contribution in [0, 0.1) is 0 Å². The second-order valence-electron chi connectivity index (χ2n) is 2.89. The van der Waals surface area contributed by atoms with Gasteiger partial charge in [-0.1, -0.05) is 5.57 Å². The smallest absolute Gasteiger partial charge is 0.375 e. The van der Waals surface area contributed by atoms with Crippen LogP contribution in [0.5, 0.6) is 0 Å². The fourth-order valence-corrected chi connectivity index (χ4v) is 0.623. The van der Waals surface area contributed by atoms with E-state index in [9.17, 15) is 13.6 Å². The molecule has 0 bridgehead atoms. The third kappa shape index (κ3) is 5.30. The molecule has 0 aromatic carbocycles. The maximum Gasteiger partial charge on any atom is 0.375 e. The third-order valence-electron chi connectivity index (χ3n) is 1.39. The van der Waals surface area contributed by atoms with Crippen LogP contribution in [0.1, 0.15) is 13.3 Å². The summed E-state index contributed by atoms with van der Waals surface area (Å²) in [5.41, 5.74) is 0.867. The summed E-state index contributed by atoms with van der Waals surface area (Å²) in [5, 5.41) is 10.4. The molecule has 0 atom stereocenters. The van der Waals surface area contributed by atoms with E-state index in [0.717, 1.165) is 5.57 Å². The Bertz CT molecular complexity index is 204. The van der Waals surface area contributed by atoms with Crippen LogP contribution in [0.15, 0.2) is 12.2 Å². The van der Waals surface area contributed by atoms with Gasteiger partial charge in [0.05, 0.1) is 6.54 Å². The first kappa shape index (κ1) is 12.0. The molecular weight excluding hydrogens is 180 g/mol. The highest BCUT2D eigenvalue weighted by Gasteiger charge is 2.37. The summed E-state index contributed by atoms with van der Waals surface area (Å²) in [6, 6.07) is 0. The van der Waals surface area contributed by atoms with Crippen LogP contribution < -0.4 is 5.32 Å². The summed E-state index contributed by atoms with van der Waals surface area (Å²) in [4.78, 5) is 9.94. The minimum atomic E-state index is -3.69. The third-order valence-corrected chi connectivity index (χ3v) is 1.39. The van der Waals surface area contributed by atoms with Gasteiger partial charge in [-0.2, -0.15) is 8.78 Å². The summed E-state index contributed by atoms with van der Waals surface area (Å²) in [7, 11) is 0. The second-order valence-corrected chi connectivity index (χ2v) is 2.89. The van der Waals surface area contributed by atoms with Crippen molar-refractivity contribution in [1.29, 1.82) is 0 Å². The fraction of sp³-hybridized carbons (Fsp3) is 0.625. The number of aliphatic carboxylic acids is 1. The molecule has 0 heterocycles. The van der Waals surface area contributed by atoms with Gasteiger partial charge in [0.15, 0.2) is 0 Å². The van der Waals surface area contributed by atoms with E-state index in [1.54, 1.807) is 6.92 Å². The van der Waals surface area contributed by atoms with Gasteiger partial charge < -0.3 is 10.4 Å². The molecule has 0 saturated carbocycles. The molecule has 0 aromatic heterocycles. The SMILES string of the molecule is C=C(C)CCNCC(F)(F)C(=O)O. The Labute approximate surface area is 75.4 Å². The zero-order valence-corrected chi connectivity index (χ0v) is 7.44. The largest absolute Gasteiger partial charge is 0.477 e. The molecule has 0 fully saturated rings. The molecule has 0 aliphatic carbocycles. The lowest BCUT2D eigenvalue weighted by Crippen LogP contribution is -2.40. The maximum atomic E-state index is 12.4. The van der Waals surface area contributed by atoms with E-state index >= 15 is 0 Å². The van der Waals surface area contributed by atoms with E-state index in [2.05, 4.69) is 11.9 Å². The molecule has 0 spiro atoms. The molecule has 0 saturated heterocycles. The molecule has 0 radical (unpaired) electrons. The molecule has 5 heteroatoms. The monoisotopic (exact) mass is 193 g/mol. The quantitative estimate of drug-likeness (QED) is 0.493. The molecular formula is C8H13F2NO2. The average Bonchev–Trinajstić information content (AvgIpc) is 1.97. The first-order valence-electron chi connectivity index (χ1n) is 3.82. The van der Waals surface area contributed by atoms with E-state index in [-0.39, 0.29) is 0 Å². The molecule has 0 rings (SSSR count). The molecule has 3 nitrogen and oxygen atoms in total. The van der Waals surface area contributed by atoms with Crippen LogP contribution in [0.3, 0.4) is 0 Å². The van der Waals surface area contributed by atoms with Crippen molar-refractivity contribution in [3.8, 4) is 0 Å². The van der Waals surface area contributed by atoms with Crippen LogP contribution in [-0.2, 0) is 4.79 Å². The fourth-order valence-electron chi connectivity index (χ4n) is 0.623. The Hall–Kier alpha value is -0.970. The van der Waals surface area contributed by atoms with Gasteiger partial charge in [0, 0.05) is 0 Å². The number of carboxylic acid groups (broad SMARTS) is 1. The molecule has 0 amide bonds. The summed E-state index contributed by atoms with van der Waals surface area (Å²) in [6.07, 6.45) is 0.565. The van der Waals surface area contributed by atoms with Gasteiger partial charge in [-0.15, -0.1) is 6.58 Å². The molecule has 2 N–H and O–H groups in total. The Morgan fingerprint density at radius 2 is 2.15 bits per heavy atom. The van der Waals surface area contributed by atoms with Gasteiger partial charge in [-0.25, -0.2) is 4.79 Å². The van der Waals surface area contributed by atoms with Gasteiger partial charge in [-0.3, -0.25) is 0 Å². The van der Waals surface area contributed by atoms with Crippen molar-refractivity contribution >= 4 is 5.97 Å². The zero-order chi connectivity index (χ0) is 10.5. The summed E-state index contributed by atoms with van der Waals surface area (Å²) < 4.78 is 24.8. The van der Waals surface area contributed by atoms with Crippen molar-refractivity contribution in [3.63, 3.8) is 0 Å². The minimum Gasteiger partial charge on any atom is -0.477 e. The number of alkyl halides is 2. The molecule has 13 heavy (non-hydrogen) atoms. The van der Waals surface area contributed by atoms with Crippen molar-refractivity contribution in [2.24, 2.45) is 0 Å². The average molecular weight is 193 g/mol. The number of hydrogen-bond donors (Lipinski definition) is 2. The summed E-state index contributed by atoms with van der Waals surface area (Å²) >= 11 is 0. The van der Waals surface area contributed by atoms with Crippen molar-refractivity contribution in [2.45, 2.75) is 19.3 Å². The Kier molecular flexibility index (Phi) is 4.55. The van der Waals surface area contributed by atoms with Gasteiger partial charge in [0.25, 0.3) is 0 Å². The Balaban J connectivity index is 3.64. The van der Waals surface area contributed by atoms with E-state index in [1.165, 1.54) is 0 Å². The predicted molar refractivity (Wildman–Crippen MR) is 44.9 cm³/mol. The first-order chi connectivity index (χ1) is 5.86. The highest BCUT2D eigenvalue weighted by molar-refractivity contribution is 5.75. The molecule has 0 aromatic rings. The van der Waals surface area contributed by atoms with Gasteiger partial charge in [0.2, 0.25) is 0 Å². The molecule has 0 unspecified atom stereocenters. The highest BCUT2D eigenvalue weighted by Crippen LogP contribution is 2.11. The lowest BCUT2D eigenvalue weighted by Gasteiger charge is -2.11. The molecule has 0 aliphatic rings. The maximum absolute atomic E-state index is 12.4. The van der Waals surface area contributed by atoms with Crippen LogP contribution in [-0.4, -0.2) is 30.1 Å². The zero-order valence-electron chi connectivity index (χ0n) is 7.44. The number of nitrogens with one attached hydrogen (secondary N) is 1. The Morgan fingerprint density at radius 3 is 2.54 bits per heavy atom.